The van der Waals surface area contributed by atoms with Crippen LogP contribution in [0.4, 0.5) is 4.39 Å². The Morgan fingerprint density at radius 3 is 1.89 bits per heavy atom. The van der Waals surface area contributed by atoms with Gasteiger partial charge in [-0.05, 0) is 41.7 Å². The van der Waals surface area contributed by atoms with Crippen LogP contribution in [-0.4, -0.2) is 0 Å². The third-order valence-electron chi connectivity index (χ3n) is 3.20. The van der Waals surface area contributed by atoms with E-state index in [0.717, 1.165) is 17.5 Å². The molecule has 0 aliphatic heterocycles. The number of benzene rings is 2. The lowest BCUT2D eigenvalue weighted by Gasteiger charge is -2.04. The Labute approximate surface area is 108 Å². The molecule has 0 fully saturated rings. The van der Waals surface area contributed by atoms with E-state index in [1.807, 2.05) is 12.1 Å². The summed E-state index contributed by atoms with van der Waals surface area (Å²) >= 11 is 0. The van der Waals surface area contributed by atoms with E-state index < -0.39 is 0 Å². The van der Waals surface area contributed by atoms with Crippen LogP contribution in [0.2, 0.25) is 0 Å². The van der Waals surface area contributed by atoms with Crippen molar-refractivity contribution in [3.8, 4) is 11.1 Å². The molecule has 0 heterocycles. The molecular weight excluding hydrogens is 223 g/mol. The summed E-state index contributed by atoms with van der Waals surface area (Å²) in [5.41, 5.74) is 3.60. The Morgan fingerprint density at radius 2 is 1.33 bits per heavy atom. The highest BCUT2D eigenvalue weighted by Gasteiger charge is 1.99. The minimum Gasteiger partial charge on any atom is -0.207 e. The average molecular weight is 242 g/mol. The Kier molecular flexibility index (Phi) is 4.52. The van der Waals surface area contributed by atoms with E-state index >= 15 is 0 Å². The monoisotopic (exact) mass is 242 g/mol. The van der Waals surface area contributed by atoms with Crippen LogP contribution in [0.25, 0.3) is 11.1 Å². The molecular formula is C17H19F. The van der Waals surface area contributed by atoms with E-state index in [1.165, 1.54) is 37.0 Å². The number of rotatable bonds is 5. The van der Waals surface area contributed by atoms with Gasteiger partial charge in [0.25, 0.3) is 0 Å². The molecule has 0 amide bonds. The van der Waals surface area contributed by atoms with Gasteiger partial charge in [-0.15, -0.1) is 0 Å². The summed E-state index contributed by atoms with van der Waals surface area (Å²) in [6.07, 6.45) is 4.96. The van der Waals surface area contributed by atoms with Crippen LogP contribution in [-0.2, 0) is 6.42 Å². The zero-order chi connectivity index (χ0) is 12.8. The summed E-state index contributed by atoms with van der Waals surface area (Å²) < 4.78 is 12.8. The molecule has 0 radical (unpaired) electrons. The van der Waals surface area contributed by atoms with Gasteiger partial charge in [0, 0.05) is 0 Å². The van der Waals surface area contributed by atoms with Gasteiger partial charge in [0.05, 0.1) is 0 Å². The Bertz CT molecular complexity index is 468. The third kappa shape index (κ3) is 3.43. The topological polar surface area (TPSA) is 0 Å². The van der Waals surface area contributed by atoms with E-state index in [0.29, 0.717) is 0 Å². The average Bonchev–Trinajstić information content (AvgIpc) is 2.41. The van der Waals surface area contributed by atoms with Crippen LogP contribution < -0.4 is 0 Å². The zero-order valence-electron chi connectivity index (χ0n) is 10.8. The van der Waals surface area contributed by atoms with Gasteiger partial charge in [0.2, 0.25) is 0 Å². The first kappa shape index (κ1) is 12.8. The number of aryl methyl sites for hydroxylation is 1. The minimum absolute atomic E-state index is 0.185. The van der Waals surface area contributed by atoms with E-state index in [4.69, 9.17) is 0 Å². The van der Waals surface area contributed by atoms with Crippen molar-refractivity contribution in [1.82, 2.24) is 0 Å². The van der Waals surface area contributed by atoms with Gasteiger partial charge in [-0.1, -0.05) is 56.2 Å². The molecule has 0 N–H and O–H groups in total. The molecule has 18 heavy (non-hydrogen) atoms. The van der Waals surface area contributed by atoms with Crippen molar-refractivity contribution in [2.45, 2.75) is 32.6 Å². The maximum absolute atomic E-state index is 12.8. The second-order valence-corrected chi connectivity index (χ2v) is 4.66. The van der Waals surface area contributed by atoms with E-state index in [2.05, 4.69) is 31.2 Å². The quantitative estimate of drug-likeness (QED) is 0.630. The Balaban J connectivity index is 2.05. The van der Waals surface area contributed by atoms with Crippen molar-refractivity contribution < 1.29 is 4.39 Å². The summed E-state index contributed by atoms with van der Waals surface area (Å²) in [6, 6.07) is 15.2. The molecule has 0 saturated carbocycles. The number of hydrogen-bond donors (Lipinski definition) is 0. The largest absolute Gasteiger partial charge is 0.207 e. The Hall–Kier alpha value is -1.63. The first-order valence-electron chi connectivity index (χ1n) is 6.64. The highest BCUT2D eigenvalue weighted by molar-refractivity contribution is 5.63. The summed E-state index contributed by atoms with van der Waals surface area (Å²) in [7, 11) is 0. The second kappa shape index (κ2) is 6.34. The normalized spacial score (nSPS) is 10.6. The smallest absolute Gasteiger partial charge is 0.123 e. The fourth-order valence-electron chi connectivity index (χ4n) is 2.09. The fourth-order valence-corrected chi connectivity index (χ4v) is 2.09. The molecule has 0 aromatic heterocycles. The van der Waals surface area contributed by atoms with Crippen molar-refractivity contribution in [3.05, 3.63) is 59.9 Å². The first-order valence-corrected chi connectivity index (χ1v) is 6.64. The van der Waals surface area contributed by atoms with Crippen LogP contribution in [0.15, 0.2) is 48.5 Å². The molecule has 0 aliphatic rings. The van der Waals surface area contributed by atoms with Gasteiger partial charge >= 0.3 is 0 Å². The highest BCUT2D eigenvalue weighted by Crippen LogP contribution is 2.20. The van der Waals surface area contributed by atoms with Gasteiger partial charge in [0.15, 0.2) is 0 Å². The van der Waals surface area contributed by atoms with Crippen LogP contribution >= 0.6 is 0 Å². The van der Waals surface area contributed by atoms with Crippen LogP contribution in [0.3, 0.4) is 0 Å². The Morgan fingerprint density at radius 1 is 0.778 bits per heavy atom. The van der Waals surface area contributed by atoms with Gasteiger partial charge in [0.1, 0.15) is 5.82 Å². The SMILES string of the molecule is CCCCCc1ccc(-c2ccc(F)cc2)cc1. The van der Waals surface area contributed by atoms with E-state index in [1.54, 1.807) is 0 Å². The lowest BCUT2D eigenvalue weighted by molar-refractivity contribution is 0.628. The lowest BCUT2D eigenvalue weighted by Crippen LogP contribution is -1.86. The minimum atomic E-state index is -0.185. The van der Waals surface area contributed by atoms with Gasteiger partial charge in [-0.3, -0.25) is 0 Å². The molecule has 0 unspecified atom stereocenters. The van der Waals surface area contributed by atoms with E-state index in [9.17, 15) is 4.39 Å². The van der Waals surface area contributed by atoms with Crippen LogP contribution in [0, 0.1) is 5.82 Å². The van der Waals surface area contributed by atoms with Crippen molar-refractivity contribution in [2.75, 3.05) is 0 Å². The molecule has 0 bridgehead atoms. The summed E-state index contributed by atoms with van der Waals surface area (Å²) in [5.74, 6) is -0.185. The molecule has 1 heteroatoms. The van der Waals surface area contributed by atoms with Crippen molar-refractivity contribution in [3.63, 3.8) is 0 Å². The third-order valence-corrected chi connectivity index (χ3v) is 3.20. The first-order chi connectivity index (χ1) is 8.79. The number of halogens is 1. The zero-order valence-corrected chi connectivity index (χ0v) is 10.8. The molecule has 2 rings (SSSR count). The molecule has 0 nitrogen and oxygen atoms in total. The van der Waals surface area contributed by atoms with Crippen molar-refractivity contribution >= 4 is 0 Å². The van der Waals surface area contributed by atoms with Gasteiger partial charge in [-0.25, -0.2) is 4.39 Å². The standard InChI is InChI=1S/C17H19F/c1-2-3-4-5-14-6-8-15(9-7-14)16-10-12-17(18)13-11-16/h6-13H,2-5H2,1H3. The molecule has 2 aromatic rings. The second-order valence-electron chi connectivity index (χ2n) is 4.66. The van der Waals surface area contributed by atoms with Gasteiger partial charge < -0.3 is 0 Å². The molecule has 0 atom stereocenters. The van der Waals surface area contributed by atoms with Crippen LogP contribution in [0.1, 0.15) is 31.7 Å². The maximum atomic E-state index is 12.8. The van der Waals surface area contributed by atoms with E-state index in [-0.39, 0.29) is 5.82 Å². The number of hydrogen-bond acceptors (Lipinski definition) is 0. The summed E-state index contributed by atoms with van der Waals surface area (Å²) in [4.78, 5) is 0. The lowest BCUT2D eigenvalue weighted by atomic mass is 10.0. The molecule has 2 aromatic carbocycles. The predicted octanol–water partition coefficient (Wildman–Crippen LogP) is 5.23. The van der Waals surface area contributed by atoms with Crippen molar-refractivity contribution in [2.24, 2.45) is 0 Å². The maximum Gasteiger partial charge on any atom is 0.123 e. The van der Waals surface area contributed by atoms with Crippen molar-refractivity contribution in [1.29, 1.82) is 0 Å². The summed E-state index contributed by atoms with van der Waals surface area (Å²) in [6.45, 7) is 2.22. The summed E-state index contributed by atoms with van der Waals surface area (Å²) in [5, 5.41) is 0. The number of unbranched alkanes of at least 4 members (excludes halogenated alkanes) is 2. The van der Waals surface area contributed by atoms with Gasteiger partial charge in [-0.2, -0.15) is 0 Å². The molecule has 0 aliphatic carbocycles. The molecule has 0 saturated heterocycles. The highest BCUT2D eigenvalue weighted by atomic mass is 19.1. The predicted molar refractivity (Wildman–Crippen MR) is 75.1 cm³/mol. The molecule has 94 valence electrons. The van der Waals surface area contributed by atoms with Crippen LogP contribution in [0.5, 0.6) is 0 Å². The molecule has 0 spiro atoms. The fraction of sp³-hybridized carbons (Fsp3) is 0.294.